The van der Waals surface area contributed by atoms with Crippen LogP contribution in [0.2, 0.25) is 0 Å². The summed E-state index contributed by atoms with van der Waals surface area (Å²) in [4.78, 5) is 13.2. The molecule has 0 radical (unpaired) electrons. The molecule has 3 aromatic rings. The van der Waals surface area contributed by atoms with Crippen molar-refractivity contribution in [3.8, 4) is 11.4 Å². The second-order valence-electron chi connectivity index (χ2n) is 6.11. The van der Waals surface area contributed by atoms with Gasteiger partial charge in [-0.3, -0.25) is 4.98 Å². The van der Waals surface area contributed by atoms with Crippen molar-refractivity contribution >= 4 is 11.3 Å². The van der Waals surface area contributed by atoms with Crippen molar-refractivity contribution in [1.29, 1.82) is 0 Å². The Balaban J connectivity index is 1.54. The maximum atomic E-state index is 4.65. The largest absolute Gasteiger partial charge is 0.370 e. The molecular weight excluding hydrogens is 288 g/mol. The number of anilines is 1. The van der Waals surface area contributed by atoms with Crippen LogP contribution in [0.4, 0.5) is 5.82 Å². The summed E-state index contributed by atoms with van der Waals surface area (Å²) in [7, 11) is 0. The Morgan fingerprint density at radius 3 is 2.96 bits per heavy atom. The van der Waals surface area contributed by atoms with Gasteiger partial charge in [-0.2, -0.15) is 5.10 Å². The van der Waals surface area contributed by atoms with Crippen LogP contribution in [0, 0.1) is 5.92 Å². The van der Waals surface area contributed by atoms with Crippen molar-refractivity contribution in [3.63, 3.8) is 0 Å². The van der Waals surface area contributed by atoms with Crippen LogP contribution in [-0.2, 0) is 0 Å². The van der Waals surface area contributed by atoms with Gasteiger partial charge >= 0.3 is 0 Å². The lowest BCUT2D eigenvalue weighted by Gasteiger charge is -2.21. The van der Waals surface area contributed by atoms with E-state index in [0.717, 1.165) is 29.4 Å². The topological polar surface area (TPSA) is 68.0 Å². The highest BCUT2D eigenvalue weighted by Crippen LogP contribution is 2.24. The maximum Gasteiger partial charge on any atom is 0.165 e. The molecule has 6 nitrogen and oxygen atoms in total. The molecule has 0 spiro atoms. The summed E-state index contributed by atoms with van der Waals surface area (Å²) < 4.78 is 1.79. The van der Waals surface area contributed by atoms with Crippen molar-refractivity contribution in [2.24, 2.45) is 5.92 Å². The Labute approximate surface area is 135 Å². The van der Waals surface area contributed by atoms with E-state index in [0.29, 0.717) is 5.82 Å². The van der Waals surface area contributed by atoms with Crippen LogP contribution in [-0.4, -0.2) is 31.1 Å². The predicted molar refractivity (Wildman–Crippen MR) is 89.1 cm³/mol. The minimum atomic E-state index is 0.682. The fraction of sp³-hybridized carbons (Fsp3) is 0.412. The van der Waals surface area contributed by atoms with E-state index in [9.17, 15) is 0 Å². The van der Waals surface area contributed by atoms with E-state index in [1.807, 2.05) is 12.3 Å². The summed E-state index contributed by atoms with van der Waals surface area (Å²) >= 11 is 0. The highest BCUT2D eigenvalue weighted by molar-refractivity contribution is 5.75. The molecule has 3 aromatic heterocycles. The summed E-state index contributed by atoms with van der Waals surface area (Å²) in [6.07, 6.45) is 15.7. The summed E-state index contributed by atoms with van der Waals surface area (Å²) in [5.74, 6) is 2.33. The van der Waals surface area contributed by atoms with Crippen LogP contribution < -0.4 is 5.32 Å². The molecule has 0 unspecified atom stereocenters. The lowest BCUT2D eigenvalue weighted by atomic mass is 9.89. The predicted octanol–water partition coefficient (Wildman–Crippen LogP) is 3.18. The zero-order chi connectivity index (χ0) is 15.5. The highest BCUT2D eigenvalue weighted by Gasteiger charge is 2.14. The van der Waals surface area contributed by atoms with Gasteiger partial charge in [0.1, 0.15) is 5.82 Å². The van der Waals surface area contributed by atoms with Gasteiger partial charge in [-0.1, -0.05) is 19.3 Å². The zero-order valence-electron chi connectivity index (χ0n) is 13.0. The Kier molecular flexibility index (Phi) is 3.88. The minimum Gasteiger partial charge on any atom is -0.370 e. The Morgan fingerprint density at radius 1 is 1.13 bits per heavy atom. The van der Waals surface area contributed by atoms with Gasteiger partial charge in [0.15, 0.2) is 5.82 Å². The summed E-state index contributed by atoms with van der Waals surface area (Å²) in [6.45, 7) is 0.993. The van der Waals surface area contributed by atoms with Crippen molar-refractivity contribution in [2.75, 3.05) is 11.9 Å². The molecule has 1 aliphatic carbocycles. The minimum absolute atomic E-state index is 0.682. The third-order valence-corrected chi connectivity index (χ3v) is 4.52. The van der Waals surface area contributed by atoms with Crippen molar-refractivity contribution in [3.05, 3.63) is 37.1 Å². The monoisotopic (exact) mass is 308 g/mol. The zero-order valence-corrected chi connectivity index (χ0v) is 13.0. The number of fused-ring (bicyclic) bond motifs is 1. The SMILES string of the molecule is c1cn2ncc(-c3nccc(NCC4CCCCC4)n3)c2cn1. The number of nitrogens with one attached hydrogen (secondary N) is 1. The average molecular weight is 308 g/mol. The van der Waals surface area contributed by atoms with Crippen LogP contribution in [0.1, 0.15) is 32.1 Å². The quantitative estimate of drug-likeness (QED) is 0.801. The molecule has 6 heteroatoms. The Bertz CT molecular complexity index is 790. The summed E-state index contributed by atoms with van der Waals surface area (Å²) in [5.41, 5.74) is 1.82. The summed E-state index contributed by atoms with van der Waals surface area (Å²) in [5, 5.41) is 7.79. The normalized spacial score (nSPS) is 15.8. The third kappa shape index (κ3) is 3.02. The summed E-state index contributed by atoms with van der Waals surface area (Å²) in [6, 6.07) is 1.93. The van der Waals surface area contributed by atoms with Gasteiger partial charge in [0.2, 0.25) is 0 Å². The molecule has 0 amide bonds. The van der Waals surface area contributed by atoms with Crippen LogP contribution in [0.25, 0.3) is 16.9 Å². The van der Waals surface area contributed by atoms with E-state index in [1.54, 1.807) is 29.3 Å². The number of hydrogen-bond acceptors (Lipinski definition) is 5. The van der Waals surface area contributed by atoms with Gasteiger partial charge in [0.25, 0.3) is 0 Å². The molecule has 23 heavy (non-hydrogen) atoms. The number of aromatic nitrogens is 5. The molecule has 4 rings (SSSR count). The van der Waals surface area contributed by atoms with Gasteiger partial charge in [0, 0.05) is 25.1 Å². The fourth-order valence-electron chi connectivity index (χ4n) is 3.23. The molecule has 1 fully saturated rings. The van der Waals surface area contributed by atoms with Gasteiger partial charge in [-0.05, 0) is 24.8 Å². The van der Waals surface area contributed by atoms with E-state index in [-0.39, 0.29) is 0 Å². The lowest BCUT2D eigenvalue weighted by Crippen LogP contribution is -2.17. The molecule has 3 heterocycles. The van der Waals surface area contributed by atoms with Crippen LogP contribution in [0.15, 0.2) is 37.1 Å². The van der Waals surface area contributed by atoms with Crippen LogP contribution >= 0.6 is 0 Å². The second-order valence-corrected chi connectivity index (χ2v) is 6.11. The van der Waals surface area contributed by atoms with Crippen molar-refractivity contribution in [1.82, 2.24) is 24.6 Å². The molecule has 118 valence electrons. The Morgan fingerprint density at radius 2 is 2.04 bits per heavy atom. The average Bonchev–Trinajstić information content (AvgIpc) is 3.05. The molecule has 1 N–H and O–H groups in total. The number of nitrogens with zero attached hydrogens (tertiary/aromatic N) is 5. The number of rotatable bonds is 4. The van der Waals surface area contributed by atoms with E-state index >= 15 is 0 Å². The molecule has 0 atom stereocenters. The highest BCUT2D eigenvalue weighted by atomic mass is 15.2. The van der Waals surface area contributed by atoms with E-state index < -0.39 is 0 Å². The first-order chi connectivity index (χ1) is 11.4. The molecule has 0 bridgehead atoms. The second kappa shape index (κ2) is 6.32. The third-order valence-electron chi connectivity index (χ3n) is 4.52. The smallest absolute Gasteiger partial charge is 0.165 e. The van der Waals surface area contributed by atoms with Gasteiger partial charge in [-0.15, -0.1) is 0 Å². The van der Waals surface area contributed by atoms with Crippen molar-refractivity contribution in [2.45, 2.75) is 32.1 Å². The van der Waals surface area contributed by atoms with Crippen LogP contribution in [0.3, 0.4) is 0 Å². The first-order valence-corrected chi connectivity index (χ1v) is 8.25. The standard InChI is InChI=1S/C17H20N6/c1-2-4-13(5-3-1)10-20-16-6-7-19-17(22-16)14-11-21-23-9-8-18-12-15(14)23/h6-9,11-13H,1-5,10H2,(H,19,20,22). The molecular formula is C17H20N6. The number of hydrogen-bond donors (Lipinski definition) is 1. The molecule has 0 aromatic carbocycles. The van der Waals surface area contributed by atoms with E-state index in [4.69, 9.17) is 0 Å². The Hall–Kier alpha value is -2.50. The maximum absolute atomic E-state index is 4.65. The first-order valence-electron chi connectivity index (χ1n) is 8.25. The van der Waals surface area contributed by atoms with Gasteiger partial charge in [-0.25, -0.2) is 14.5 Å². The lowest BCUT2D eigenvalue weighted by molar-refractivity contribution is 0.373. The van der Waals surface area contributed by atoms with Gasteiger partial charge < -0.3 is 5.32 Å². The molecule has 0 aliphatic heterocycles. The van der Waals surface area contributed by atoms with Gasteiger partial charge in [0.05, 0.1) is 23.5 Å². The van der Waals surface area contributed by atoms with E-state index in [2.05, 4.69) is 25.4 Å². The molecule has 0 saturated heterocycles. The fourth-order valence-corrected chi connectivity index (χ4v) is 3.23. The first kappa shape index (κ1) is 14.1. The van der Waals surface area contributed by atoms with Crippen molar-refractivity contribution < 1.29 is 0 Å². The van der Waals surface area contributed by atoms with Crippen LogP contribution in [0.5, 0.6) is 0 Å². The molecule has 1 aliphatic rings. The van der Waals surface area contributed by atoms with E-state index in [1.165, 1.54) is 32.1 Å². The molecule has 1 saturated carbocycles.